The summed E-state index contributed by atoms with van der Waals surface area (Å²) in [4.78, 5) is 39.2. The number of carbonyl (C=O) groups is 3. The van der Waals surface area contributed by atoms with E-state index in [-0.39, 0.29) is 11.7 Å². The van der Waals surface area contributed by atoms with Gasteiger partial charge in [0.05, 0.1) is 18.1 Å². The van der Waals surface area contributed by atoms with Gasteiger partial charge in [-0.25, -0.2) is 0 Å². The SMILES string of the molecule is C=CCc1cc(/C=C2/SC(=O)N(CC(=O)Nc3ccc4c(c3)OCO4)C2=O)cc(OCC)c1OCC. The van der Waals surface area contributed by atoms with Crippen molar-refractivity contribution in [2.24, 2.45) is 0 Å². The molecule has 0 radical (unpaired) electrons. The van der Waals surface area contributed by atoms with Crippen molar-refractivity contribution in [1.82, 2.24) is 4.90 Å². The Balaban J connectivity index is 1.51. The normalized spacial score (nSPS) is 15.4. The van der Waals surface area contributed by atoms with Gasteiger partial charge in [0.2, 0.25) is 12.7 Å². The topological polar surface area (TPSA) is 103 Å². The van der Waals surface area contributed by atoms with Gasteiger partial charge in [0.15, 0.2) is 23.0 Å². The maximum atomic E-state index is 13.0. The number of hydrogen-bond acceptors (Lipinski definition) is 8. The molecule has 1 saturated heterocycles. The van der Waals surface area contributed by atoms with E-state index >= 15 is 0 Å². The van der Waals surface area contributed by atoms with Gasteiger partial charge in [0.1, 0.15) is 6.54 Å². The van der Waals surface area contributed by atoms with Crippen LogP contribution in [0.25, 0.3) is 6.08 Å². The summed E-state index contributed by atoms with van der Waals surface area (Å²) in [7, 11) is 0. The van der Waals surface area contributed by atoms with Gasteiger partial charge in [-0.2, -0.15) is 0 Å². The first-order valence-corrected chi connectivity index (χ1v) is 12.2. The number of nitrogens with one attached hydrogen (secondary N) is 1. The van der Waals surface area contributed by atoms with Crippen LogP contribution in [-0.4, -0.2) is 48.5 Å². The maximum absolute atomic E-state index is 13.0. The number of rotatable bonds is 10. The molecule has 2 aliphatic heterocycles. The number of ether oxygens (including phenoxy) is 4. The monoisotopic (exact) mass is 510 g/mol. The van der Waals surface area contributed by atoms with Gasteiger partial charge in [-0.3, -0.25) is 19.3 Å². The highest BCUT2D eigenvalue weighted by Gasteiger charge is 2.36. The van der Waals surface area contributed by atoms with Crippen LogP contribution in [0.2, 0.25) is 0 Å². The molecule has 0 saturated carbocycles. The third kappa shape index (κ3) is 5.49. The largest absolute Gasteiger partial charge is 0.490 e. The lowest BCUT2D eigenvalue weighted by atomic mass is 10.0. The zero-order valence-electron chi connectivity index (χ0n) is 20.0. The maximum Gasteiger partial charge on any atom is 0.294 e. The fourth-order valence-electron chi connectivity index (χ4n) is 3.75. The second kappa shape index (κ2) is 11.2. The molecule has 9 nitrogen and oxygen atoms in total. The van der Waals surface area contributed by atoms with Crippen LogP contribution in [0.15, 0.2) is 47.9 Å². The highest BCUT2D eigenvalue weighted by atomic mass is 32.2. The lowest BCUT2D eigenvalue weighted by Gasteiger charge is -2.16. The average Bonchev–Trinajstić information content (AvgIpc) is 3.41. The molecule has 1 N–H and O–H groups in total. The standard InChI is InChI=1S/C26H26N2O7S/c1-4-7-17-10-16(11-21(32-5-2)24(17)33-6-3)12-22-25(30)28(26(31)36-22)14-23(29)27-18-8-9-19-20(13-18)35-15-34-19/h4,8-13H,1,5-7,14-15H2,2-3H3,(H,27,29)/b22-12+. The van der Waals surface area contributed by atoms with Crippen molar-refractivity contribution in [3.8, 4) is 23.0 Å². The van der Waals surface area contributed by atoms with Gasteiger partial charge in [-0.1, -0.05) is 6.08 Å². The van der Waals surface area contributed by atoms with Crippen LogP contribution in [0, 0.1) is 0 Å². The smallest absolute Gasteiger partial charge is 0.294 e. The minimum atomic E-state index is -0.539. The molecule has 2 heterocycles. The van der Waals surface area contributed by atoms with Crippen LogP contribution in [0.5, 0.6) is 23.0 Å². The third-order valence-corrected chi connectivity index (χ3v) is 6.14. The number of benzene rings is 2. The van der Waals surface area contributed by atoms with E-state index in [9.17, 15) is 14.4 Å². The molecule has 3 amide bonds. The van der Waals surface area contributed by atoms with Gasteiger partial charge in [-0.05, 0) is 67.9 Å². The first kappa shape index (κ1) is 25.2. The van der Waals surface area contributed by atoms with E-state index in [1.165, 1.54) is 0 Å². The molecule has 0 aliphatic carbocycles. The quantitative estimate of drug-likeness (QED) is 0.365. The van der Waals surface area contributed by atoms with E-state index in [4.69, 9.17) is 18.9 Å². The molecule has 2 aliphatic rings. The molecular formula is C26H26N2O7S. The zero-order valence-corrected chi connectivity index (χ0v) is 20.8. The molecule has 0 atom stereocenters. The molecule has 2 aromatic carbocycles. The molecule has 0 bridgehead atoms. The Labute approximate surface area is 213 Å². The minimum absolute atomic E-state index is 0.116. The third-order valence-electron chi connectivity index (χ3n) is 5.24. The van der Waals surface area contributed by atoms with Gasteiger partial charge in [-0.15, -0.1) is 6.58 Å². The van der Waals surface area contributed by atoms with Gasteiger partial charge in [0.25, 0.3) is 11.1 Å². The van der Waals surface area contributed by atoms with Crippen molar-refractivity contribution in [3.05, 3.63) is 59.0 Å². The summed E-state index contributed by atoms with van der Waals surface area (Å²) in [5.74, 6) is 1.23. The van der Waals surface area contributed by atoms with Gasteiger partial charge < -0.3 is 24.3 Å². The number of thioether (sulfide) groups is 1. The molecule has 0 aromatic heterocycles. The lowest BCUT2D eigenvalue weighted by Crippen LogP contribution is -2.36. The highest BCUT2D eigenvalue weighted by molar-refractivity contribution is 8.18. The number of nitrogens with zero attached hydrogens (tertiary/aromatic N) is 1. The van der Waals surface area contributed by atoms with Crippen LogP contribution in [-0.2, 0) is 16.0 Å². The molecule has 1 fully saturated rings. The minimum Gasteiger partial charge on any atom is -0.490 e. The predicted molar refractivity (Wildman–Crippen MR) is 137 cm³/mol. The van der Waals surface area contributed by atoms with E-state index in [2.05, 4.69) is 11.9 Å². The lowest BCUT2D eigenvalue weighted by molar-refractivity contribution is -0.127. The van der Waals surface area contributed by atoms with Crippen LogP contribution >= 0.6 is 11.8 Å². The van der Waals surface area contributed by atoms with E-state index in [0.29, 0.717) is 53.9 Å². The van der Waals surface area contributed by atoms with E-state index < -0.39 is 23.6 Å². The molecule has 36 heavy (non-hydrogen) atoms. The Morgan fingerprint density at radius 1 is 1.14 bits per heavy atom. The van der Waals surface area contributed by atoms with Crippen LogP contribution < -0.4 is 24.3 Å². The number of hydrogen-bond donors (Lipinski definition) is 1. The van der Waals surface area contributed by atoms with Crippen LogP contribution in [0.4, 0.5) is 10.5 Å². The van der Waals surface area contributed by atoms with E-state index in [0.717, 1.165) is 22.2 Å². The molecule has 0 unspecified atom stereocenters. The first-order valence-electron chi connectivity index (χ1n) is 11.4. The first-order chi connectivity index (χ1) is 17.4. The molecule has 0 spiro atoms. The molecule has 10 heteroatoms. The number of fused-ring (bicyclic) bond motifs is 1. The summed E-state index contributed by atoms with van der Waals surface area (Å²) in [6, 6.07) is 8.59. The van der Waals surface area contributed by atoms with Crippen LogP contribution in [0.1, 0.15) is 25.0 Å². The number of allylic oxidation sites excluding steroid dienone is 1. The van der Waals surface area contributed by atoms with Crippen molar-refractivity contribution in [2.75, 3.05) is 31.9 Å². The van der Waals surface area contributed by atoms with Crippen LogP contribution in [0.3, 0.4) is 0 Å². The van der Waals surface area contributed by atoms with Crippen molar-refractivity contribution in [2.45, 2.75) is 20.3 Å². The van der Waals surface area contributed by atoms with Gasteiger partial charge in [0, 0.05) is 17.3 Å². The molecule has 188 valence electrons. The van der Waals surface area contributed by atoms with E-state index in [1.807, 2.05) is 19.9 Å². The average molecular weight is 511 g/mol. The summed E-state index contributed by atoms with van der Waals surface area (Å²) in [5, 5.41) is 2.16. The molecule has 2 aromatic rings. The Morgan fingerprint density at radius 2 is 1.92 bits per heavy atom. The Morgan fingerprint density at radius 3 is 2.67 bits per heavy atom. The van der Waals surface area contributed by atoms with Crippen molar-refractivity contribution in [1.29, 1.82) is 0 Å². The predicted octanol–water partition coefficient (Wildman–Crippen LogP) is 4.62. The van der Waals surface area contributed by atoms with Crippen molar-refractivity contribution < 1.29 is 33.3 Å². The summed E-state index contributed by atoms with van der Waals surface area (Å²) in [5.41, 5.74) is 2.00. The van der Waals surface area contributed by atoms with E-state index in [1.54, 1.807) is 36.4 Å². The molecule has 4 rings (SSSR count). The molecular weight excluding hydrogens is 484 g/mol. The second-order valence-corrected chi connectivity index (χ2v) is 8.74. The number of imide groups is 1. The van der Waals surface area contributed by atoms with Crippen molar-refractivity contribution in [3.63, 3.8) is 0 Å². The fourth-order valence-corrected chi connectivity index (χ4v) is 4.59. The second-order valence-electron chi connectivity index (χ2n) is 7.75. The number of anilines is 1. The summed E-state index contributed by atoms with van der Waals surface area (Å²) >= 11 is 0.784. The fraction of sp³-hybridized carbons (Fsp3) is 0.269. The van der Waals surface area contributed by atoms with Gasteiger partial charge >= 0.3 is 0 Å². The Kier molecular flexibility index (Phi) is 7.84. The number of carbonyl (C=O) groups excluding carboxylic acids is 3. The van der Waals surface area contributed by atoms with Crippen molar-refractivity contribution >= 4 is 40.6 Å². The highest BCUT2D eigenvalue weighted by Crippen LogP contribution is 2.38. The summed E-state index contributed by atoms with van der Waals surface area (Å²) < 4.78 is 22.1. The Bertz CT molecular complexity index is 1240. The number of amides is 3. The Hall–Kier alpha value is -3.92. The summed E-state index contributed by atoms with van der Waals surface area (Å²) in [6.45, 7) is 8.17. The summed E-state index contributed by atoms with van der Waals surface area (Å²) in [6.07, 6.45) is 3.91. The zero-order chi connectivity index (χ0) is 25.7.